The van der Waals surface area contributed by atoms with Gasteiger partial charge in [0.05, 0.1) is 0 Å². The van der Waals surface area contributed by atoms with Crippen LogP contribution in [-0.4, -0.2) is 29.1 Å². The summed E-state index contributed by atoms with van der Waals surface area (Å²) in [5, 5.41) is 12.2. The maximum Gasteiger partial charge on any atom is 0.371 e. The first-order valence-electron chi connectivity index (χ1n) is 6.28. The Hall–Kier alpha value is -0.940. The first-order valence-corrected chi connectivity index (χ1v) is 7.43. The molecule has 1 fully saturated rings. The predicted molar refractivity (Wildman–Crippen MR) is 72.2 cm³/mol. The van der Waals surface area contributed by atoms with E-state index in [0.717, 1.165) is 18.0 Å². The minimum absolute atomic E-state index is 0.0263. The van der Waals surface area contributed by atoms with Crippen molar-refractivity contribution in [2.45, 2.75) is 26.3 Å². The third-order valence-electron chi connectivity index (χ3n) is 3.32. The Bertz CT molecular complexity index is 410. The Balaban J connectivity index is 1.80. The Kier molecular flexibility index (Phi) is 4.72. The average Bonchev–Trinajstić information content (AvgIpc) is 2.73. The zero-order valence-electron chi connectivity index (χ0n) is 10.6. The number of carbonyl (C=O) groups is 1. The number of carboxylic acid groups (broad SMARTS) is 1. The van der Waals surface area contributed by atoms with Crippen LogP contribution in [-0.2, 0) is 6.54 Å². The fraction of sp³-hybridized carbons (Fsp3) is 0.615. The number of hydrogen-bond acceptors (Lipinski definition) is 4. The Labute approximate surface area is 111 Å². The number of rotatable bonds is 5. The van der Waals surface area contributed by atoms with E-state index in [2.05, 4.69) is 5.32 Å². The van der Waals surface area contributed by atoms with E-state index in [1.165, 1.54) is 24.3 Å². The predicted octanol–water partition coefficient (Wildman–Crippen LogP) is 2.52. The fourth-order valence-corrected chi connectivity index (χ4v) is 3.37. The molecule has 2 heterocycles. The quantitative estimate of drug-likeness (QED) is 0.860. The maximum atomic E-state index is 10.8. The first-order chi connectivity index (χ1) is 8.66. The first kappa shape index (κ1) is 13.5. The molecule has 0 atom stereocenters. The molecule has 0 aromatic carbocycles. The van der Waals surface area contributed by atoms with Crippen LogP contribution in [0.1, 0.15) is 34.7 Å². The van der Waals surface area contributed by atoms with Gasteiger partial charge in [-0.3, -0.25) is 0 Å². The number of carboxylic acids is 1. The summed E-state index contributed by atoms with van der Waals surface area (Å²) < 4.78 is 5.18. The van der Waals surface area contributed by atoms with Gasteiger partial charge in [0.15, 0.2) is 0 Å². The molecule has 0 radical (unpaired) electrons. The van der Waals surface area contributed by atoms with E-state index in [-0.39, 0.29) is 5.76 Å². The van der Waals surface area contributed by atoms with Crippen molar-refractivity contribution in [1.82, 2.24) is 5.32 Å². The highest BCUT2D eigenvalue weighted by Gasteiger charge is 2.15. The largest absolute Gasteiger partial charge is 0.475 e. The summed E-state index contributed by atoms with van der Waals surface area (Å²) in [5.41, 5.74) is 0.942. The van der Waals surface area contributed by atoms with Gasteiger partial charge in [0, 0.05) is 12.1 Å². The zero-order chi connectivity index (χ0) is 13.0. The number of nitrogens with one attached hydrogen (secondary N) is 1. The number of aryl methyl sites for hydroxylation is 1. The van der Waals surface area contributed by atoms with E-state index in [9.17, 15) is 4.79 Å². The number of furan rings is 1. The van der Waals surface area contributed by atoms with Crippen LogP contribution in [0.5, 0.6) is 0 Å². The third kappa shape index (κ3) is 3.53. The third-order valence-corrected chi connectivity index (χ3v) is 4.37. The van der Waals surface area contributed by atoms with E-state index in [1.807, 2.05) is 11.8 Å². The second-order valence-corrected chi connectivity index (χ2v) is 5.91. The van der Waals surface area contributed by atoms with Gasteiger partial charge in [-0.25, -0.2) is 4.79 Å². The highest BCUT2D eigenvalue weighted by Crippen LogP contribution is 2.22. The maximum absolute atomic E-state index is 10.8. The molecule has 0 bridgehead atoms. The number of aromatic carboxylic acids is 1. The lowest BCUT2D eigenvalue weighted by Crippen LogP contribution is -2.25. The molecule has 1 saturated heterocycles. The standard InChI is InChI=1S/C13H19NO3S/c1-9-11(6-12(17-9)13(15)16)8-14-7-10-2-4-18-5-3-10/h6,10,14H,2-5,7-8H2,1H3,(H,15,16). The van der Waals surface area contributed by atoms with Crippen molar-refractivity contribution in [3.8, 4) is 0 Å². The lowest BCUT2D eigenvalue weighted by molar-refractivity contribution is 0.0661. The molecule has 0 saturated carbocycles. The van der Waals surface area contributed by atoms with Gasteiger partial charge in [-0.1, -0.05) is 0 Å². The van der Waals surface area contributed by atoms with Gasteiger partial charge in [-0.2, -0.15) is 11.8 Å². The van der Waals surface area contributed by atoms with Crippen LogP contribution in [0, 0.1) is 12.8 Å². The van der Waals surface area contributed by atoms with Crippen LogP contribution in [0.15, 0.2) is 10.5 Å². The van der Waals surface area contributed by atoms with Gasteiger partial charge in [0.25, 0.3) is 0 Å². The van der Waals surface area contributed by atoms with E-state index in [0.29, 0.717) is 12.3 Å². The summed E-state index contributed by atoms with van der Waals surface area (Å²) in [6, 6.07) is 1.61. The topological polar surface area (TPSA) is 62.5 Å². The van der Waals surface area contributed by atoms with Crippen LogP contribution in [0.2, 0.25) is 0 Å². The zero-order valence-corrected chi connectivity index (χ0v) is 11.4. The minimum Gasteiger partial charge on any atom is -0.475 e. The van der Waals surface area contributed by atoms with Gasteiger partial charge in [-0.05, 0) is 49.8 Å². The van der Waals surface area contributed by atoms with E-state index in [4.69, 9.17) is 9.52 Å². The minimum atomic E-state index is -1.01. The van der Waals surface area contributed by atoms with Crippen molar-refractivity contribution in [3.63, 3.8) is 0 Å². The summed E-state index contributed by atoms with van der Waals surface area (Å²) >= 11 is 2.03. The van der Waals surface area contributed by atoms with Crippen molar-refractivity contribution in [1.29, 1.82) is 0 Å². The lowest BCUT2D eigenvalue weighted by atomic mass is 10.0. The molecule has 1 aliphatic heterocycles. The number of hydrogen-bond donors (Lipinski definition) is 2. The van der Waals surface area contributed by atoms with Gasteiger partial charge in [0.1, 0.15) is 5.76 Å². The molecule has 5 heteroatoms. The van der Waals surface area contributed by atoms with Crippen LogP contribution in [0.4, 0.5) is 0 Å². The molecule has 1 aromatic rings. The number of thioether (sulfide) groups is 1. The SMILES string of the molecule is Cc1oc(C(=O)O)cc1CNCC1CCSCC1. The monoisotopic (exact) mass is 269 g/mol. The molecule has 0 unspecified atom stereocenters. The van der Waals surface area contributed by atoms with Crippen LogP contribution >= 0.6 is 11.8 Å². The van der Waals surface area contributed by atoms with Crippen LogP contribution in [0.25, 0.3) is 0 Å². The second-order valence-electron chi connectivity index (χ2n) is 4.68. The van der Waals surface area contributed by atoms with E-state index >= 15 is 0 Å². The van der Waals surface area contributed by atoms with Gasteiger partial charge in [-0.15, -0.1) is 0 Å². The summed E-state index contributed by atoms with van der Waals surface area (Å²) in [6.45, 7) is 3.50. The van der Waals surface area contributed by atoms with E-state index < -0.39 is 5.97 Å². The van der Waals surface area contributed by atoms with Crippen LogP contribution < -0.4 is 5.32 Å². The molecule has 1 aromatic heterocycles. The normalized spacial score (nSPS) is 16.9. The Morgan fingerprint density at radius 2 is 2.28 bits per heavy atom. The fourth-order valence-electron chi connectivity index (χ4n) is 2.16. The summed E-state index contributed by atoms with van der Waals surface area (Å²) in [4.78, 5) is 10.8. The highest BCUT2D eigenvalue weighted by atomic mass is 32.2. The molecule has 1 aliphatic rings. The van der Waals surface area contributed by atoms with Gasteiger partial charge >= 0.3 is 5.97 Å². The molecule has 100 valence electrons. The van der Waals surface area contributed by atoms with E-state index in [1.54, 1.807) is 13.0 Å². The molecule has 4 nitrogen and oxygen atoms in total. The molecular formula is C13H19NO3S. The summed E-state index contributed by atoms with van der Waals surface area (Å²) in [5.74, 6) is 3.00. The van der Waals surface area contributed by atoms with Crippen molar-refractivity contribution >= 4 is 17.7 Å². The summed E-state index contributed by atoms with van der Waals surface area (Å²) in [6.07, 6.45) is 2.56. The van der Waals surface area contributed by atoms with Crippen molar-refractivity contribution in [2.24, 2.45) is 5.92 Å². The smallest absolute Gasteiger partial charge is 0.371 e. The van der Waals surface area contributed by atoms with Gasteiger partial charge < -0.3 is 14.8 Å². The van der Waals surface area contributed by atoms with Crippen molar-refractivity contribution in [2.75, 3.05) is 18.1 Å². The highest BCUT2D eigenvalue weighted by molar-refractivity contribution is 7.99. The molecule has 2 N–H and O–H groups in total. The molecule has 0 amide bonds. The summed E-state index contributed by atoms with van der Waals surface area (Å²) in [7, 11) is 0. The molecule has 0 aliphatic carbocycles. The average molecular weight is 269 g/mol. The van der Waals surface area contributed by atoms with Crippen LogP contribution in [0.3, 0.4) is 0 Å². The molecule has 18 heavy (non-hydrogen) atoms. The van der Waals surface area contributed by atoms with Crippen molar-refractivity contribution < 1.29 is 14.3 Å². The Morgan fingerprint density at radius 3 is 2.89 bits per heavy atom. The molecule has 0 spiro atoms. The molecular weight excluding hydrogens is 250 g/mol. The van der Waals surface area contributed by atoms with Crippen molar-refractivity contribution in [3.05, 3.63) is 23.2 Å². The molecule has 2 rings (SSSR count). The second kappa shape index (κ2) is 6.29. The lowest BCUT2D eigenvalue weighted by Gasteiger charge is -2.21. The van der Waals surface area contributed by atoms with Gasteiger partial charge in [0.2, 0.25) is 5.76 Å². The Morgan fingerprint density at radius 1 is 1.56 bits per heavy atom.